The highest BCUT2D eigenvalue weighted by atomic mass is 16.3. The number of hydrogen-bond donors (Lipinski definition) is 2. The van der Waals surface area contributed by atoms with Gasteiger partial charge in [-0.05, 0) is 51.9 Å². The van der Waals surface area contributed by atoms with Gasteiger partial charge in [0, 0.05) is 5.41 Å². The summed E-state index contributed by atoms with van der Waals surface area (Å²) in [6.45, 7) is 7.74. The number of nitrogens with one attached hydrogen (secondary N) is 2. The maximum atomic E-state index is 12.3. The van der Waals surface area contributed by atoms with Crippen molar-refractivity contribution in [1.82, 2.24) is 10.6 Å². The maximum absolute atomic E-state index is 12.3. The van der Waals surface area contributed by atoms with Crippen LogP contribution in [0, 0.1) is 12.3 Å². The first-order valence-corrected chi connectivity index (χ1v) is 6.59. The smallest absolute Gasteiger partial charge is 0.226 e. The van der Waals surface area contributed by atoms with Gasteiger partial charge >= 0.3 is 0 Å². The van der Waals surface area contributed by atoms with Gasteiger partial charge in [-0.15, -0.1) is 0 Å². The van der Waals surface area contributed by atoms with Crippen molar-refractivity contribution >= 4 is 5.91 Å². The highest BCUT2D eigenvalue weighted by Crippen LogP contribution is 2.29. The zero-order valence-corrected chi connectivity index (χ0v) is 11.4. The number of carbonyl (C=O) groups excluding carboxylic acids is 1. The average molecular weight is 250 g/mol. The molecule has 0 spiro atoms. The predicted molar refractivity (Wildman–Crippen MR) is 70.2 cm³/mol. The molecule has 0 radical (unpaired) electrons. The topological polar surface area (TPSA) is 54.3 Å². The molecular weight excluding hydrogens is 228 g/mol. The molecule has 1 aliphatic heterocycles. The zero-order valence-electron chi connectivity index (χ0n) is 11.4. The maximum Gasteiger partial charge on any atom is 0.226 e. The van der Waals surface area contributed by atoms with Crippen LogP contribution < -0.4 is 10.6 Å². The molecule has 1 aromatic rings. The van der Waals surface area contributed by atoms with E-state index in [1.54, 1.807) is 0 Å². The van der Waals surface area contributed by atoms with Gasteiger partial charge in [-0.3, -0.25) is 4.79 Å². The molecule has 18 heavy (non-hydrogen) atoms. The Hall–Kier alpha value is -1.29. The molecule has 0 saturated carbocycles. The van der Waals surface area contributed by atoms with Crippen molar-refractivity contribution < 1.29 is 9.21 Å². The van der Waals surface area contributed by atoms with Gasteiger partial charge in [0.1, 0.15) is 11.5 Å². The molecule has 1 atom stereocenters. The Balaban J connectivity index is 1.98. The van der Waals surface area contributed by atoms with E-state index in [0.29, 0.717) is 0 Å². The molecule has 1 amide bonds. The van der Waals surface area contributed by atoms with Crippen LogP contribution in [0.15, 0.2) is 16.5 Å². The molecule has 4 nitrogen and oxygen atoms in total. The monoisotopic (exact) mass is 250 g/mol. The van der Waals surface area contributed by atoms with Gasteiger partial charge in [0.2, 0.25) is 5.91 Å². The number of carbonyl (C=O) groups is 1. The zero-order chi connectivity index (χ0) is 13.2. The fourth-order valence-corrected chi connectivity index (χ4v) is 2.33. The molecule has 2 N–H and O–H groups in total. The van der Waals surface area contributed by atoms with Crippen molar-refractivity contribution in [2.75, 3.05) is 13.1 Å². The van der Waals surface area contributed by atoms with Crippen LogP contribution in [0.2, 0.25) is 0 Å². The minimum Gasteiger partial charge on any atom is -0.464 e. The normalized spacial score (nSPS) is 20.4. The number of piperidine rings is 1. The van der Waals surface area contributed by atoms with Gasteiger partial charge in [0.25, 0.3) is 0 Å². The van der Waals surface area contributed by atoms with Crippen molar-refractivity contribution in [3.05, 3.63) is 23.7 Å². The summed E-state index contributed by atoms with van der Waals surface area (Å²) in [6.07, 6.45) is 1.78. The average Bonchev–Trinajstić information content (AvgIpc) is 2.77. The summed E-state index contributed by atoms with van der Waals surface area (Å²) in [5, 5.41) is 6.34. The lowest BCUT2D eigenvalue weighted by Gasteiger charge is -2.33. The van der Waals surface area contributed by atoms with E-state index in [-0.39, 0.29) is 17.4 Å². The number of hydrogen-bond acceptors (Lipinski definition) is 3. The molecular formula is C14H22N2O2. The number of aryl methyl sites for hydroxylation is 1. The van der Waals surface area contributed by atoms with Crippen molar-refractivity contribution in [2.24, 2.45) is 5.41 Å². The summed E-state index contributed by atoms with van der Waals surface area (Å²) in [5.74, 6) is 1.82. The number of rotatable bonds is 3. The van der Waals surface area contributed by atoms with Crippen LogP contribution in [-0.4, -0.2) is 19.0 Å². The van der Waals surface area contributed by atoms with Crippen molar-refractivity contribution in [2.45, 2.75) is 39.7 Å². The van der Waals surface area contributed by atoms with Crippen molar-refractivity contribution in [3.8, 4) is 0 Å². The van der Waals surface area contributed by atoms with Gasteiger partial charge in [0.15, 0.2) is 0 Å². The number of furan rings is 1. The molecule has 0 bridgehead atoms. The van der Waals surface area contributed by atoms with Gasteiger partial charge in [0.05, 0.1) is 6.04 Å². The SMILES string of the molecule is Cc1ccc(C(C)NC(=O)C2(C)CCNCC2)o1. The summed E-state index contributed by atoms with van der Waals surface area (Å²) in [5.41, 5.74) is -0.249. The Bertz CT molecular complexity index is 419. The van der Waals surface area contributed by atoms with Gasteiger partial charge in [-0.2, -0.15) is 0 Å². The molecule has 100 valence electrons. The quantitative estimate of drug-likeness (QED) is 0.864. The second-order valence-electron chi connectivity index (χ2n) is 5.45. The van der Waals surface area contributed by atoms with E-state index in [9.17, 15) is 4.79 Å². The van der Waals surface area contributed by atoms with E-state index >= 15 is 0 Å². The molecule has 2 heterocycles. The van der Waals surface area contributed by atoms with Crippen LogP contribution in [0.4, 0.5) is 0 Å². The molecule has 1 aromatic heterocycles. The van der Waals surface area contributed by atoms with E-state index in [4.69, 9.17) is 4.42 Å². The molecule has 1 fully saturated rings. The molecule has 0 aliphatic carbocycles. The highest BCUT2D eigenvalue weighted by Gasteiger charge is 2.35. The van der Waals surface area contributed by atoms with Gasteiger partial charge in [-0.1, -0.05) is 6.92 Å². The van der Waals surface area contributed by atoms with Gasteiger partial charge < -0.3 is 15.1 Å². The molecule has 0 aromatic carbocycles. The Morgan fingerprint density at radius 1 is 1.44 bits per heavy atom. The first-order valence-electron chi connectivity index (χ1n) is 6.59. The Kier molecular flexibility index (Phi) is 3.76. The summed E-state index contributed by atoms with van der Waals surface area (Å²) in [6, 6.07) is 3.77. The third-order valence-corrected chi connectivity index (χ3v) is 3.79. The van der Waals surface area contributed by atoms with E-state index in [2.05, 4.69) is 10.6 Å². The third kappa shape index (κ3) is 2.75. The molecule has 1 saturated heterocycles. The van der Waals surface area contributed by atoms with Crippen LogP contribution in [0.25, 0.3) is 0 Å². The minimum atomic E-state index is -0.249. The Morgan fingerprint density at radius 3 is 2.67 bits per heavy atom. The summed E-state index contributed by atoms with van der Waals surface area (Å²) in [4.78, 5) is 12.3. The van der Waals surface area contributed by atoms with E-state index in [1.807, 2.05) is 32.9 Å². The fraction of sp³-hybridized carbons (Fsp3) is 0.643. The van der Waals surface area contributed by atoms with E-state index in [1.165, 1.54) is 0 Å². The summed E-state index contributed by atoms with van der Waals surface area (Å²) >= 11 is 0. The Labute approximate surface area is 108 Å². The van der Waals surface area contributed by atoms with Crippen LogP contribution in [-0.2, 0) is 4.79 Å². The lowest BCUT2D eigenvalue weighted by Crippen LogP contribution is -2.46. The molecule has 1 aliphatic rings. The highest BCUT2D eigenvalue weighted by molar-refractivity contribution is 5.82. The van der Waals surface area contributed by atoms with Crippen LogP contribution in [0.5, 0.6) is 0 Å². The van der Waals surface area contributed by atoms with Crippen molar-refractivity contribution in [1.29, 1.82) is 0 Å². The second-order valence-corrected chi connectivity index (χ2v) is 5.45. The summed E-state index contributed by atoms with van der Waals surface area (Å²) < 4.78 is 5.54. The first-order chi connectivity index (χ1) is 8.51. The molecule has 4 heteroatoms. The minimum absolute atomic E-state index is 0.0714. The third-order valence-electron chi connectivity index (χ3n) is 3.79. The fourth-order valence-electron chi connectivity index (χ4n) is 2.33. The standard InChI is InChI=1S/C14H22N2O2/c1-10-4-5-12(18-10)11(2)16-13(17)14(3)6-8-15-9-7-14/h4-5,11,15H,6-9H2,1-3H3,(H,16,17). The largest absolute Gasteiger partial charge is 0.464 e. The van der Waals surface area contributed by atoms with Crippen molar-refractivity contribution in [3.63, 3.8) is 0 Å². The van der Waals surface area contributed by atoms with Gasteiger partial charge in [-0.25, -0.2) is 0 Å². The van der Waals surface area contributed by atoms with E-state index < -0.39 is 0 Å². The van der Waals surface area contributed by atoms with Crippen LogP contribution in [0.1, 0.15) is 44.3 Å². The van der Waals surface area contributed by atoms with Crippen LogP contribution in [0.3, 0.4) is 0 Å². The number of amides is 1. The predicted octanol–water partition coefficient (Wildman–Crippen LogP) is 2.15. The molecule has 2 rings (SSSR count). The molecule has 1 unspecified atom stereocenters. The lowest BCUT2D eigenvalue weighted by molar-refractivity contribution is -0.132. The Morgan fingerprint density at radius 2 is 2.11 bits per heavy atom. The van der Waals surface area contributed by atoms with Crippen LogP contribution >= 0.6 is 0 Å². The van der Waals surface area contributed by atoms with E-state index in [0.717, 1.165) is 37.5 Å². The second kappa shape index (κ2) is 5.14. The first kappa shape index (κ1) is 13.1. The summed E-state index contributed by atoms with van der Waals surface area (Å²) in [7, 11) is 0. The lowest BCUT2D eigenvalue weighted by atomic mass is 9.80.